The second-order valence-corrected chi connectivity index (χ2v) is 14.6. The lowest BCUT2D eigenvalue weighted by Crippen LogP contribution is -2.15. The minimum atomic E-state index is -0.250. The zero-order valence-corrected chi connectivity index (χ0v) is 28.9. The Morgan fingerprint density at radius 1 is 0.471 bits per heavy atom. The highest BCUT2D eigenvalue weighted by Crippen LogP contribution is 2.59. The summed E-state index contributed by atoms with van der Waals surface area (Å²) in [6.45, 7) is 4.71. The van der Waals surface area contributed by atoms with Crippen molar-refractivity contribution in [3.05, 3.63) is 163 Å². The third-order valence-corrected chi connectivity index (χ3v) is 11.4. The molecule has 5 heteroatoms. The fourth-order valence-corrected chi connectivity index (χ4v) is 9.12. The predicted octanol–water partition coefficient (Wildman–Crippen LogP) is 12.5. The van der Waals surface area contributed by atoms with Crippen LogP contribution in [-0.2, 0) is 5.41 Å². The Bertz CT molecular complexity index is 2760. The first-order valence-electron chi connectivity index (χ1n) is 17.2. The average Bonchev–Trinajstić information content (AvgIpc) is 3.84. The topological polar surface area (TPSA) is 51.8 Å². The van der Waals surface area contributed by atoms with Gasteiger partial charge in [-0.05, 0) is 52.1 Å². The number of furan rings is 1. The van der Waals surface area contributed by atoms with E-state index in [1.165, 1.54) is 43.1 Å². The van der Waals surface area contributed by atoms with Gasteiger partial charge in [0.1, 0.15) is 11.2 Å². The number of aromatic nitrogens is 3. The van der Waals surface area contributed by atoms with E-state index < -0.39 is 0 Å². The largest absolute Gasteiger partial charge is 0.456 e. The molecule has 9 aromatic rings. The van der Waals surface area contributed by atoms with Crippen molar-refractivity contribution in [2.75, 3.05) is 0 Å². The van der Waals surface area contributed by atoms with E-state index in [0.717, 1.165) is 38.6 Å². The summed E-state index contributed by atoms with van der Waals surface area (Å²) in [5.74, 6) is 1.89. The van der Waals surface area contributed by atoms with Crippen LogP contribution in [0.4, 0.5) is 0 Å². The average molecular weight is 674 g/mol. The van der Waals surface area contributed by atoms with E-state index in [9.17, 15) is 0 Å². The lowest BCUT2D eigenvalue weighted by molar-refractivity contribution is 0.664. The number of hydrogen-bond acceptors (Lipinski definition) is 5. The van der Waals surface area contributed by atoms with Gasteiger partial charge in [0.25, 0.3) is 0 Å². The molecule has 3 aromatic heterocycles. The van der Waals surface area contributed by atoms with Crippen molar-refractivity contribution in [2.24, 2.45) is 0 Å². The molecule has 0 radical (unpaired) electrons. The summed E-state index contributed by atoms with van der Waals surface area (Å²) < 4.78 is 6.25. The van der Waals surface area contributed by atoms with E-state index in [-0.39, 0.29) is 5.41 Å². The van der Waals surface area contributed by atoms with Crippen LogP contribution in [0.2, 0.25) is 0 Å². The van der Waals surface area contributed by atoms with E-state index in [2.05, 4.69) is 111 Å². The fraction of sp³-hybridized carbons (Fsp3) is 0.0652. The van der Waals surface area contributed by atoms with Crippen LogP contribution in [0.25, 0.3) is 88.1 Å². The minimum Gasteiger partial charge on any atom is -0.456 e. The summed E-state index contributed by atoms with van der Waals surface area (Å²) in [4.78, 5) is 17.9. The van der Waals surface area contributed by atoms with Gasteiger partial charge < -0.3 is 4.42 Å². The van der Waals surface area contributed by atoms with Crippen LogP contribution in [0.1, 0.15) is 25.0 Å². The molecule has 3 heterocycles. The molecule has 0 unspecified atom stereocenters. The van der Waals surface area contributed by atoms with E-state index in [4.69, 9.17) is 19.4 Å². The second-order valence-electron chi connectivity index (χ2n) is 13.6. The van der Waals surface area contributed by atoms with Gasteiger partial charge in [0.05, 0.1) is 0 Å². The van der Waals surface area contributed by atoms with Crippen LogP contribution in [-0.4, -0.2) is 15.0 Å². The number of rotatable bonds is 5. The Balaban J connectivity index is 1.15. The maximum atomic E-state index is 6.25. The third-order valence-electron chi connectivity index (χ3n) is 10.1. The standard InChI is InChI=1S/C46H31N3OS/c1-46(2)36-26-31(23-25-35(36)39-40(46)42(29-16-8-4-9-17-29)51-41(39)28-14-6-3-7-15-28)44-47-43(30-18-10-5-11-19-30)48-45(49-44)32-22-24-34-33-20-12-13-21-37(33)50-38(34)27-32/h3-27H,1-2H3. The fourth-order valence-electron chi connectivity index (χ4n) is 7.64. The van der Waals surface area contributed by atoms with Crippen LogP contribution in [0.3, 0.4) is 0 Å². The molecule has 0 saturated heterocycles. The molecule has 0 atom stereocenters. The first-order valence-corrected chi connectivity index (χ1v) is 18.0. The third kappa shape index (κ3) is 4.77. The quantitative estimate of drug-likeness (QED) is 0.182. The lowest BCUT2D eigenvalue weighted by Gasteiger charge is -2.23. The summed E-state index contributed by atoms with van der Waals surface area (Å²) in [6, 6.07) is 52.8. The predicted molar refractivity (Wildman–Crippen MR) is 210 cm³/mol. The zero-order valence-electron chi connectivity index (χ0n) is 28.1. The van der Waals surface area contributed by atoms with E-state index in [0.29, 0.717) is 17.5 Å². The highest BCUT2D eigenvalue weighted by atomic mass is 32.1. The maximum Gasteiger partial charge on any atom is 0.164 e. The Kier molecular flexibility index (Phi) is 6.67. The summed E-state index contributed by atoms with van der Waals surface area (Å²) >= 11 is 1.89. The molecule has 0 aliphatic heterocycles. The highest BCUT2D eigenvalue weighted by Gasteiger charge is 2.41. The normalized spacial score (nSPS) is 13.1. The highest BCUT2D eigenvalue weighted by molar-refractivity contribution is 7.19. The van der Waals surface area contributed by atoms with Crippen molar-refractivity contribution in [2.45, 2.75) is 19.3 Å². The molecule has 4 nitrogen and oxygen atoms in total. The molecule has 0 amide bonds. The van der Waals surface area contributed by atoms with Crippen LogP contribution < -0.4 is 0 Å². The van der Waals surface area contributed by atoms with E-state index in [1.54, 1.807) is 0 Å². The molecule has 10 rings (SSSR count). The molecule has 0 fully saturated rings. The molecule has 6 aromatic carbocycles. The number of hydrogen-bond donors (Lipinski definition) is 0. The van der Waals surface area contributed by atoms with Crippen molar-refractivity contribution in [1.82, 2.24) is 15.0 Å². The van der Waals surface area contributed by atoms with Crippen molar-refractivity contribution in [1.29, 1.82) is 0 Å². The summed E-state index contributed by atoms with van der Waals surface area (Å²) in [6.07, 6.45) is 0. The first kappa shape index (κ1) is 29.7. The molecule has 242 valence electrons. The van der Waals surface area contributed by atoms with Gasteiger partial charge in [0.2, 0.25) is 0 Å². The molecule has 0 bridgehead atoms. The van der Waals surface area contributed by atoms with Gasteiger partial charge in [-0.25, -0.2) is 15.0 Å². The zero-order chi connectivity index (χ0) is 34.1. The summed E-state index contributed by atoms with van der Waals surface area (Å²) in [5.41, 5.74) is 12.0. The van der Waals surface area contributed by atoms with Gasteiger partial charge in [-0.1, -0.05) is 141 Å². The Morgan fingerprint density at radius 2 is 1.00 bits per heavy atom. The van der Waals surface area contributed by atoms with Gasteiger partial charge in [-0.3, -0.25) is 0 Å². The molecule has 0 N–H and O–H groups in total. The Hall–Kier alpha value is -6.17. The second kappa shape index (κ2) is 11.4. The molecular weight excluding hydrogens is 643 g/mol. The van der Waals surface area contributed by atoms with Crippen molar-refractivity contribution in [3.63, 3.8) is 0 Å². The number of para-hydroxylation sites is 1. The van der Waals surface area contributed by atoms with Crippen molar-refractivity contribution in [3.8, 4) is 66.2 Å². The number of benzene rings is 6. The number of nitrogens with zero attached hydrogens (tertiary/aromatic N) is 3. The minimum absolute atomic E-state index is 0.250. The van der Waals surface area contributed by atoms with E-state index >= 15 is 0 Å². The summed E-state index contributed by atoms with van der Waals surface area (Å²) in [7, 11) is 0. The summed E-state index contributed by atoms with van der Waals surface area (Å²) in [5, 5.41) is 2.17. The van der Waals surface area contributed by atoms with Crippen molar-refractivity contribution < 1.29 is 4.42 Å². The molecule has 51 heavy (non-hydrogen) atoms. The van der Waals surface area contributed by atoms with Gasteiger partial charge in [-0.2, -0.15) is 0 Å². The van der Waals surface area contributed by atoms with Crippen LogP contribution >= 0.6 is 11.3 Å². The van der Waals surface area contributed by atoms with E-state index in [1.807, 2.05) is 65.9 Å². The smallest absolute Gasteiger partial charge is 0.164 e. The molecule has 0 saturated carbocycles. The van der Waals surface area contributed by atoms with Crippen LogP contribution in [0.5, 0.6) is 0 Å². The Labute approximate surface area is 299 Å². The maximum absolute atomic E-state index is 6.25. The number of fused-ring (bicyclic) bond motifs is 6. The van der Waals surface area contributed by atoms with Gasteiger partial charge >= 0.3 is 0 Å². The lowest BCUT2D eigenvalue weighted by atomic mass is 9.81. The molecule has 0 spiro atoms. The van der Waals surface area contributed by atoms with Crippen molar-refractivity contribution >= 4 is 33.3 Å². The SMILES string of the molecule is CC1(C)c2cc(-c3nc(-c4ccccc4)nc(-c4ccc5c(c4)oc4ccccc45)n3)ccc2-c2c(-c3ccccc3)sc(-c3ccccc3)c21. The molecular formula is C46H31N3OS. The number of thiophene rings is 1. The molecule has 1 aliphatic carbocycles. The van der Waals surface area contributed by atoms with Gasteiger partial charge in [0, 0.05) is 48.2 Å². The first-order chi connectivity index (χ1) is 25.0. The van der Waals surface area contributed by atoms with Gasteiger partial charge in [-0.15, -0.1) is 11.3 Å². The monoisotopic (exact) mass is 673 g/mol. The molecule has 1 aliphatic rings. The van der Waals surface area contributed by atoms with Gasteiger partial charge in [0.15, 0.2) is 17.5 Å². The van der Waals surface area contributed by atoms with Crippen LogP contribution in [0, 0.1) is 0 Å². The van der Waals surface area contributed by atoms with Crippen LogP contribution in [0.15, 0.2) is 156 Å². The Morgan fingerprint density at radius 3 is 1.69 bits per heavy atom.